The van der Waals surface area contributed by atoms with Gasteiger partial charge in [0.2, 0.25) is 10.7 Å². The molecule has 13 heavy (non-hydrogen) atoms. The summed E-state index contributed by atoms with van der Waals surface area (Å²) in [5.41, 5.74) is 0. The highest BCUT2D eigenvalue weighted by Crippen LogP contribution is 1.94. The van der Waals surface area contributed by atoms with E-state index in [2.05, 4.69) is 25.7 Å². The number of nitrogens with zero attached hydrogens (tertiary/aromatic N) is 5. The summed E-state index contributed by atoms with van der Waals surface area (Å²) in [6, 6.07) is 0. The SMILES string of the molecule is S=c1nn[nH]n1CCc1ncno1. The number of aromatic amines is 1. The molecule has 0 saturated carbocycles. The molecule has 7 nitrogen and oxygen atoms in total. The first-order valence-corrected chi connectivity index (χ1v) is 4.00. The van der Waals surface area contributed by atoms with Crippen LogP contribution in [0.3, 0.4) is 0 Å². The van der Waals surface area contributed by atoms with Crippen LogP contribution >= 0.6 is 12.2 Å². The molecule has 0 amide bonds. The van der Waals surface area contributed by atoms with E-state index in [9.17, 15) is 0 Å². The fourth-order valence-corrected chi connectivity index (χ4v) is 1.05. The van der Waals surface area contributed by atoms with E-state index in [1.807, 2.05) is 0 Å². The lowest BCUT2D eigenvalue weighted by molar-refractivity contribution is 0.367. The summed E-state index contributed by atoms with van der Waals surface area (Å²) in [6.07, 6.45) is 1.97. The first kappa shape index (κ1) is 8.05. The monoisotopic (exact) mass is 198 g/mol. The van der Waals surface area contributed by atoms with Crippen molar-refractivity contribution in [2.75, 3.05) is 0 Å². The Balaban J connectivity index is 2.01. The zero-order chi connectivity index (χ0) is 9.10. The number of aromatic nitrogens is 6. The molecule has 0 saturated heterocycles. The van der Waals surface area contributed by atoms with E-state index >= 15 is 0 Å². The topological polar surface area (TPSA) is 85.4 Å². The maximum atomic E-state index is 4.87. The average molecular weight is 198 g/mol. The minimum Gasteiger partial charge on any atom is -0.340 e. The highest BCUT2D eigenvalue weighted by Gasteiger charge is 2.00. The quantitative estimate of drug-likeness (QED) is 0.696. The second kappa shape index (κ2) is 3.44. The normalized spacial score (nSPS) is 10.5. The number of tetrazole rings is 1. The molecule has 0 radical (unpaired) electrons. The van der Waals surface area contributed by atoms with Gasteiger partial charge in [0.05, 0.1) is 6.54 Å². The van der Waals surface area contributed by atoms with Crippen LogP contribution in [0.25, 0.3) is 0 Å². The first-order chi connectivity index (χ1) is 6.36. The maximum Gasteiger partial charge on any atom is 0.238 e. The van der Waals surface area contributed by atoms with Gasteiger partial charge in [0.25, 0.3) is 0 Å². The third-order valence-electron chi connectivity index (χ3n) is 1.49. The van der Waals surface area contributed by atoms with Gasteiger partial charge in [-0.1, -0.05) is 15.5 Å². The van der Waals surface area contributed by atoms with Crippen LogP contribution in [0.5, 0.6) is 0 Å². The van der Waals surface area contributed by atoms with E-state index in [-0.39, 0.29) is 0 Å². The van der Waals surface area contributed by atoms with E-state index in [0.717, 1.165) is 0 Å². The molecule has 0 aliphatic heterocycles. The Hall–Kier alpha value is -1.57. The van der Waals surface area contributed by atoms with Gasteiger partial charge in [-0.15, -0.1) is 0 Å². The second-order valence-electron chi connectivity index (χ2n) is 2.32. The zero-order valence-corrected chi connectivity index (χ0v) is 7.36. The van der Waals surface area contributed by atoms with Gasteiger partial charge in [-0.25, -0.2) is 4.68 Å². The highest BCUT2D eigenvalue weighted by molar-refractivity contribution is 7.71. The van der Waals surface area contributed by atoms with E-state index < -0.39 is 0 Å². The number of aryl methyl sites for hydroxylation is 2. The molecule has 0 aromatic carbocycles. The average Bonchev–Trinajstić information content (AvgIpc) is 2.72. The molecule has 0 bridgehead atoms. The van der Waals surface area contributed by atoms with Crippen LogP contribution < -0.4 is 0 Å². The van der Waals surface area contributed by atoms with Gasteiger partial charge in [0.15, 0.2) is 6.33 Å². The molecule has 0 unspecified atom stereocenters. The zero-order valence-electron chi connectivity index (χ0n) is 6.54. The van der Waals surface area contributed by atoms with Crippen molar-refractivity contribution in [1.29, 1.82) is 0 Å². The predicted octanol–water partition coefficient (Wildman–Crippen LogP) is -0.0386. The highest BCUT2D eigenvalue weighted by atomic mass is 32.1. The van der Waals surface area contributed by atoms with Crippen molar-refractivity contribution in [3.8, 4) is 0 Å². The summed E-state index contributed by atoms with van der Waals surface area (Å²) >= 11 is 4.87. The lowest BCUT2D eigenvalue weighted by Crippen LogP contribution is -2.03. The second-order valence-corrected chi connectivity index (χ2v) is 2.68. The van der Waals surface area contributed by atoms with Crippen molar-refractivity contribution in [2.45, 2.75) is 13.0 Å². The minimum absolute atomic E-state index is 0.416. The van der Waals surface area contributed by atoms with Crippen molar-refractivity contribution in [1.82, 2.24) is 30.3 Å². The Labute approximate surface area is 77.7 Å². The van der Waals surface area contributed by atoms with Crippen LogP contribution in [0.1, 0.15) is 5.89 Å². The molecular weight excluding hydrogens is 192 g/mol. The molecule has 0 aliphatic rings. The molecule has 2 rings (SSSR count). The van der Waals surface area contributed by atoms with Crippen molar-refractivity contribution in [2.24, 2.45) is 0 Å². The molecule has 0 aliphatic carbocycles. The largest absolute Gasteiger partial charge is 0.340 e. The van der Waals surface area contributed by atoms with E-state index in [1.54, 1.807) is 4.68 Å². The summed E-state index contributed by atoms with van der Waals surface area (Å²) in [5, 5.41) is 13.3. The Morgan fingerprint density at radius 1 is 1.62 bits per heavy atom. The Bertz CT molecular complexity index is 416. The molecule has 2 aromatic rings. The van der Waals surface area contributed by atoms with Crippen LogP contribution in [-0.2, 0) is 13.0 Å². The van der Waals surface area contributed by atoms with Crippen LogP contribution in [0.2, 0.25) is 0 Å². The molecule has 68 valence electrons. The molecule has 0 spiro atoms. The van der Waals surface area contributed by atoms with Gasteiger partial charge in [-0.05, 0) is 12.2 Å². The van der Waals surface area contributed by atoms with E-state index in [0.29, 0.717) is 23.6 Å². The van der Waals surface area contributed by atoms with Gasteiger partial charge in [0, 0.05) is 6.42 Å². The molecule has 0 atom stereocenters. The van der Waals surface area contributed by atoms with Crippen molar-refractivity contribution in [3.05, 3.63) is 17.0 Å². The van der Waals surface area contributed by atoms with Gasteiger partial charge < -0.3 is 4.52 Å². The number of nitrogens with one attached hydrogen (secondary N) is 1. The van der Waals surface area contributed by atoms with Gasteiger partial charge in [0.1, 0.15) is 0 Å². The summed E-state index contributed by atoms with van der Waals surface area (Å²) < 4.78 is 6.85. The molecule has 8 heteroatoms. The molecule has 2 heterocycles. The fourth-order valence-electron chi connectivity index (χ4n) is 0.875. The third-order valence-corrected chi connectivity index (χ3v) is 1.79. The predicted molar refractivity (Wildman–Crippen MR) is 43.2 cm³/mol. The number of H-pyrrole nitrogens is 1. The van der Waals surface area contributed by atoms with Crippen LogP contribution in [0.15, 0.2) is 10.9 Å². The van der Waals surface area contributed by atoms with Gasteiger partial charge >= 0.3 is 0 Å². The Morgan fingerprint density at radius 3 is 3.15 bits per heavy atom. The summed E-state index contributed by atoms with van der Waals surface area (Å²) in [7, 11) is 0. The van der Waals surface area contributed by atoms with E-state index in [1.165, 1.54) is 6.33 Å². The van der Waals surface area contributed by atoms with Crippen LogP contribution in [0, 0.1) is 4.77 Å². The number of hydrogen-bond donors (Lipinski definition) is 1. The summed E-state index contributed by atoms with van der Waals surface area (Å²) in [5.74, 6) is 0.566. The van der Waals surface area contributed by atoms with Crippen molar-refractivity contribution in [3.63, 3.8) is 0 Å². The Kier molecular flexibility index (Phi) is 2.13. The standard InChI is InChI=1S/C5H6N6OS/c13-5-8-9-10-11(5)2-1-4-6-3-7-12-4/h3H,1-2H2,(H,8,10,13). The van der Waals surface area contributed by atoms with Gasteiger partial charge in [-0.3, -0.25) is 0 Å². The minimum atomic E-state index is 0.416. The number of rotatable bonds is 3. The van der Waals surface area contributed by atoms with Crippen molar-refractivity contribution >= 4 is 12.2 Å². The summed E-state index contributed by atoms with van der Waals surface area (Å²) in [6.45, 7) is 0.605. The number of hydrogen-bond acceptors (Lipinski definition) is 6. The van der Waals surface area contributed by atoms with Crippen LogP contribution in [0.4, 0.5) is 0 Å². The summed E-state index contributed by atoms with van der Waals surface area (Å²) in [4.78, 5) is 3.87. The van der Waals surface area contributed by atoms with Crippen LogP contribution in [-0.4, -0.2) is 30.3 Å². The fraction of sp³-hybridized carbons (Fsp3) is 0.400. The lowest BCUT2D eigenvalue weighted by atomic mass is 10.4. The molecule has 2 aromatic heterocycles. The maximum absolute atomic E-state index is 4.87. The van der Waals surface area contributed by atoms with E-state index in [4.69, 9.17) is 16.7 Å². The van der Waals surface area contributed by atoms with Crippen molar-refractivity contribution < 1.29 is 4.52 Å². The molecular formula is C5H6N6OS. The Morgan fingerprint density at radius 2 is 2.54 bits per heavy atom. The first-order valence-electron chi connectivity index (χ1n) is 3.60. The smallest absolute Gasteiger partial charge is 0.238 e. The lowest BCUT2D eigenvalue weighted by Gasteiger charge is -1.95. The molecule has 0 fully saturated rings. The van der Waals surface area contributed by atoms with Gasteiger partial charge in [-0.2, -0.15) is 10.2 Å². The third kappa shape index (κ3) is 1.78. The molecule has 1 N–H and O–H groups in total.